The Morgan fingerprint density at radius 1 is 1.06 bits per heavy atom. The Labute approximate surface area is 187 Å². The lowest BCUT2D eigenvalue weighted by molar-refractivity contribution is -0.141. The zero-order valence-corrected chi connectivity index (χ0v) is 18.9. The molecule has 0 aliphatic carbocycles. The molecule has 0 bridgehead atoms. The number of hydrogen-bond acceptors (Lipinski definition) is 5. The van der Waals surface area contributed by atoms with Crippen LogP contribution in [-0.4, -0.2) is 73.6 Å². The molecule has 2 N–H and O–H groups in total. The molecule has 2 amide bonds. The molecule has 2 aromatic carbocycles. The molecule has 0 radical (unpaired) electrons. The van der Waals surface area contributed by atoms with Gasteiger partial charge in [0, 0.05) is 26.6 Å². The number of nitrogens with one attached hydrogen (secondary N) is 1. The molecule has 0 aliphatic rings. The molecule has 0 saturated heterocycles. The Morgan fingerprint density at radius 3 is 2.25 bits per heavy atom. The van der Waals surface area contributed by atoms with E-state index in [9.17, 15) is 22.4 Å². The lowest BCUT2D eigenvalue weighted by Crippen LogP contribution is -2.53. The summed E-state index contributed by atoms with van der Waals surface area (Å²) in [6.45, 7) is -0.752. The van der Waals surface area contributed by atoms with Crippen molar-refractivity contribution in [1.82, 2.24) is 14.5 Å². The highest BCUT2D eigenvalue weighted by molar-refractivity contribution is 7.88. The third kappa shape index (κ3) is 7.70. The van der Waals surface area contributed by atoms with Gasteiger partial charge in [0.25, 0.3) is 0 Å². The lowest BCUT2D eigenvalue weighted by atomic mass is 10.0. The van der Waals surface area contributed by atoms with Gasteiger partial charge in [0.1, 0.15) is 11.9 Å². The Morgan fingerprint density at radius 2 is 1.69 bits per heavy atom. The second-order valence-electron chi connectivity index (χ2n) is 7.39. The van der Waals surface area contributed by atoms with Crippen LogP contribution in [0.15, 0.2) is 54.6 Å². The highest BCUT2D eigenvalue weighted by Gasteiger charge is 2.31. The van der Waals surface area contributed by atoms with E-state index in [1.54, 1.807) is 0 Å². The van der Waals surface area contributed by atoms with Gasteiger partial charge in [0.2, 0.25) is 21.8 Å². The van der Waals surface area contributed by atoms with Crippen molar-refractivity contribution in [3.05, 3.63) is 71.5 Å². The number of rotatable bonds is 11. The van der Waals surface area contributed by atoms with E-state index in [0.29, 0.717) is 5.56 Å². The fourth-order valence-electron chi connectivity index (χ4n) is 3.04. The largest absolute Gasteiger partial charge is 0.395 e. The van der Waals surface area contributed by atoms with E-state index < -0.39 is 40.2 Å². The summed E-state index contributed by atoms with van der Waals surface area (Å²) in [4.78, 5) is 27.5. The number of sulfonamides is 1. The van der Waals surface area contributed by atoms with E-state index in [2.05, 4.69) is 5.32 Å². The van der Waals surface area contributed by atoms with E-state index in [1.807, 2.05) is 30.3 Å². The smallest absolute Gasteiger partial charge is 0.243 e. The number of carbonyl (C=O) groups excluding carboxylic acids is 2. The molecule has 0 heterocycles. The van der Waals surface area contributed by atoms with Crippen LogP contribution in [0.4, 0.5) is 4.39 Å². The number of likely N-dealkylation sites (N-methyl/N-ethyl adjacent to an activating group) is 1. The number of carbonyl (C=O) groups is 2. The van der Waals surface area contributed by atoms with Gasteiger partial charge < -0.3 is 15.3 Å². The van der Waals surface area contributed by atoms with Crippen LogP contribution in [0.25, 0.3) is 0 Å². The average molecular weight is 466 g/mol. The highest BCUT2D eigenvalue weighted by atomic mass is 32.2. The van der Waals surface area contributed by atoms with Crippen LogP contribution in [0.1, 0.15) is 11.1 Å². The summed E-state index contributed by atoms with van der Waals surface area (Å²) in [6.07, 6.45) is 1.16. The van der Waals surface area contributed by atoms with Crippen molar-refractivity contribution in [2.75, 3.05) is 33.0 Å². The maximum absolute atomic E-state index is 13.4. The van der Waals surface area contributed by atoms with E-state index in [-0.39, 0.29) is 26.1 Å². The molecule has 0 aromatic heterocycles. The first-order valence-corrected chi connectivity index (χ1v) is 11.8. The first kappa shape index (κ1) is 25.4. The minimum Gasteiger partial charge on any atom is -0.395 e. The van der Waals surface area contributed by atoms with Gasteiger partial charge in [0.15, 0.2) is 0 Å². The molecule has 2 rings (SSSR count). The lowest BCUT2D eigenvalue weighted by Gasteiger charge is -2.32. The molecule has 0 unspecified atom stereocenters. The van der Waals surface area contributed by atoms with Gasteiger partial charge in [-0.2, -0.15) is 4.31 Å². The monoisotopic (exact) mass is 465 g/mol. The number of nitrogens with zero attached hydrogens (tertiary/aromatic N) is 2. The number of aliphatic hydroxyl groups is 1. The van der Waals surface area contributed by atoms with Crippen molar-refractivity contribution in [3.8, 4) is 0 Å². The molecule has 2 aromatic rings. The van der Waals surface area contributed by atoms with E-state index in [0.717, 1.165) is 16.1 Å². The highest BCUT2D eigenvalue weighted by Crippen LogP contribution is 2.16. The standard InChI is InChI=1S/C22H28FN3O5S/c1-25(32(2,30)31)16-21(28)26(15-18-8-10-19(23)11-9-18)20(22(29)24-12-13-27)14-17-6-4-3-5-7-17/h3-11,20,27H,12-16H2,1-2H3,(H,24,29)/t20-/m0/s1. The van der Waals surface area contributed by atoms with Crippen molar-refractivity contribution in [2.24, 2.45) is 0 Å². The Kier molecular flexibility index (Phi) is 9.30. The first-order chi connectivity index (χ1) is 15.1. The summed E-state index contributed by atoms with van der Waals surface area (Å²) in [5.74, 6) is -1.51. The SMILES string of the molecule is CN(CC(=O)N(Cc1ccc(F)cc1)[C@@H](Cc1ccccc1)C(=O)NCCO)S(C)(=O)=O. The van der Waals surface area contributed by atoms with Gasteiger partial charge in [-0.05, 0) is 23.3 Å². The summed E-state index contributed by atoms with van der Waals surface area (Å²) in [5, 5.41) is 11.7. The van der Waals surface area contributed by atoms with Crippen molar-refractivity contribution in [3.63, 3.8) is 0 Å². The van der Waals surface area contributed by atoms with E-state index in [1.165, 1.54) is 36.2 Å². The van der Waals surface area contributed by atoms with Gasteiger partial charge in [-0.1, -0.05) is 42.5 Å². The van der Waals surface area contributed by atoms with Crippen LogP contribution < -0.4 is 5.32 Å². The van der Waals surface area contributed by atoms with Gasteiger partial charge in [-0.25, -0.2) is 12.8 Å². The third-order valence-corrected chi connectivity index (χ3v) is 6.13. The molecule has 0 aliphatic heterocycles. The third-order valence-electron chi connectivity index (χ3n) is 4.87. The second kappa shape index (κ2) is 11.7. The van der Waals surface area contributed by atoms with Crippen LogP contribution >= 0.6 is 0 Å². The van der Waals surface area contributed by atoms with Gasteiger partial charge in [0.05, 0.1) is 19.4 Å². The fourth-order valence-corrected chi connectivity index (χ4v) is 3.38. The van der Waals surface area contributed by atoms with Crippen LogP contribution in [0, 0.1) is 5.82 Å². The molecule has 0 fully saturated rings. The predicted octanol–water partition coefficient (Wildman–Crippen LogP) is 0.766. The van der Waals surface area contributed by atoms with Crippen molar-refractivity contribution in [2.45, 2.75) is 19.0 Å². The molecule has 0 spiro atoms. The van der Waals surface area contributed by atoms with Gasteiger partial charge in [-0.3, -0.25) is 9.59 Å². The number of aliphatic hydroxyl groups excluding tert-OH is 1. The maximum Gasteiger partial charge on any atom is 0.243 e. The van der Waals surface area contributed by atoms with Crippen LogP contribution in [0.2, 0.25) is 0 Å². The summed E-state index contributed by atoms with van der Waals surface area (Å²) in [7, 11) is -2.35. The molecular formula is C22H28FN3O5S. The number of amides is 2. The maximum atomic E-state index is 13.4. The normalized spacial score (nSPS) is 12.4. The molecule has 1 atom stereocenters. The Hall–Kier alpha value is -2.82. The topological polar surface area (TPSA) is 107 Å². The quantitative estimate of drug-likeness (QED) is 0.510. The molecular weight excluding hydrogens is 437 g/mol. The summed E-state index contributed by atoms with van der Waals surface area (Å²) in [5.41, 5.74) is 1.37. The Bertz CT molecular complexity index is 1000. The van der Waals surface area contributed by atoms with Crippen molar-refractivity contribution in [1.29, 1.82) is 0 Å². The van der Waals surface area contributed by atoms with Crippen molar-refractivity contribution >= 4 is 21.8 Å². The number of hydrogen-bond donors (Lipinski definition) is 2. The molecule has 174 valence electrons. The van der Waals surface area contributed by atoms with E-state index in [4.69, 9.17) is 5.11 Å². The first-order valence-electron chi connectivity index (χ1n) is 9.99. The minimum atomic E-state index is -3.63. The molecule has 8 nitrogen and oxygen atoms in total. The van der Waals surface area contributed by atoms with Gasteiger partial charge >= 0.3 is 0 Å². The molecule has 0 saturated carbocycles. The Balaban J connectivity index is 2.41. The van der Waals surface area contributed by atoms with Crippen LogP contribution in [0.3, 0.4) is 0 Å². The molecule has 10 heteroatoms. The average Bonchev–Trinajstić information content (AvgIpc) is 2.75. The zero-order chi connectivity index (χ0) is 23.7. The minimum absolute atomic E-state index is 0.00590. The van der Waals surface area contributed by atoms with Crippen LogP contribution in [-0.2, 0) is 32.6 Å². The second-order valence-corrected chi connectivity index (χ2v) is 9.48. The summed E-state index contributed by atoms with van der Waals surface area (Å²) >= 11 is 0. The predicted molar refractivity (Wildman–Crippen MR) is 118 cm³/mol. The van der Waals surface area contributed by atoms with Crippen LogP contribution in [0.5, 0.6) is 0 Å². The molecule has 32 heavy (non-hydrogen) atoms. The number of halogens is 1. The fraction of sp³-hybridized carbons (Fsp3) is 0.364. The van der Waals surface area contributed by atoms with E-state index >= 15 is 0 Å². The number of benzene rings is 2. The zero-order valence-electron chi connectivity index (χ0n) is 18.1. The summed E-state index contributed by atoms with van der Waals surface area (Å²) in [6, 6.07) is 13.6. The summed E-state index contributed by atoms with van der Waals surface area (Å²) < 4.78 is 37.9. The van der Waals surface area contributed by atoms with Crippen molar-refractivity contribution < 1.29 is 27.5 Å². The van der Waals surface area contributed by atoms with Gasteiger partial charge in [-0.15, -0.1) is 0 Å².